The van der Waals surface area contributed by atoms with Gasteiger partial charge in [0, 0.05) is 24.7 Å². The molecule has 0 aromatic carbocycles. The van der Waals surface area contributed by atoms with Crippen LogP contribution in [0.4, 0.5) is 0 Å². The van der Waals surface area contributed by atoms with Crippen molar-refractivity contribution in [2.45, 2.75) is 84.2 Å². The maximum absolute atomic E-state index is 2.85. The average Bonchev–Trinajstić information content (AvgIpc) is 2.84. The van der Waals surface area contributed by atoms with Crippen LogP contribution in [0.3, 0.4) is 0 Å². The molecule has 2 aliphatic carbocycles. The summed E-state index contributed by atoms with van der Waals surface area (Å²) in [6.07, 6.45) is 10.4. The van der Waals surface area contributed by atoms with E-state index in [-0.39, 0.29) is 0 Å². The Labute approximate surface area is 137 Å². The van der Waals surface area contributed by atoms with Crippen molar-refractivity contribution in [3.05, 3.63) is 0 Å². The van der Waals surface area contributed by atoms with Gasteiger partial charge in [-0.25, -0.2) is 0 Å². The van der Waals surface area contributed by atoms with Crippen molar-refractivity contribution in [1.29, 1.82) is 0 Å². The van der Waals surface area contributed by atoms with Gasteiger partial charge in [-0.2, -0.15) is 0 Å². The molecular weight excluding hydrogens is 268 g/mol. The molecule has 4 rings (SSSR count). The molecule has 0 amide bonds. The van der Waals surface area contributed by atoms with E-state index < -0.39 is 0 Å². The molecule has 0 N–H and O–H groups in total. The highest BCUT2D eigenvalue weighted by molar-refractivity contribution is 5.11. The summed E-state index contributed by atoms with van der Waals surface area (Å²) in [4.78, 5) is 5.57. The number of hydrogen-bond acceptors (Lipinski definition) is 2. The smallest absolute Gasteiger partial charge is 0.0156 e. The van der Waals surface area contributed by atoms with E-state index >= 15 is 0 Å². The maximum Gasteiger partial charge on any atom is 0.0156 e. The molecule has 0 radical (unpaired) electrons. The highest BCUT2D eigenvalue weighted by atomic mass is 15.2. The van der Waals surface area contributed by atoms with E-state index in [9.17, 15) is 0 Å². The van der Waals surface area contributed by atoms with Gasteiger partial charge in [0.25, 0.3) is 0 Å². The van der Waals surface area contributed by atoms with Crippen molar-refractivity contribution in [2.24, 2.45) is 16.7 Å². The lowest BCUT2D eigenvalue weighted by atomic mass is 9.68. The van der Waals surface area contributed by atoms with E-state index in [0.717, 1.165) is 22.8 Å². The lowest BCUT2D eigenvalue weighted by Crippen LogP contribution is -2.45. The minimum atomic E-state index is 0.429. The van der Waals surface area contributed by atoms with Gasteiger partial charge in [-0.15, -0.1) is 0 Å². The third-order valence-corrected chi connectivity index (χ3v) is 7.96. The van der Waals surface area contributed by atoms with Crippen LogP contribution in [-0.2, 0) is 0 Å². The zero-order valence-corrected chi connectivity index (χ0v) is 15.3. The van der Waals surface area contributed by atoms with Crippen LogP contribution in [0.2, 0.25) is 0 Å². The number of likely N-dealkylation sites (tertiary alicyclic amines) is 2. The van der Waals surface area contributed by atoms with Crippen LogP contribution in [0.15, 0.2) is 0 Å². The SMILES string of the molecule is CC(C)N1CCC2(CC2CC(C)(C)N2CCC3(CCC3)C2)C1. The van der Waals surface area contributed by atoms with E-state index in [2.05, 4.69) is 37.5 Å². The molecule has 0 aromatic heterocycles. The largest absolute Gasteiger partial charge is 0.300 e. The molecule has 4 aliphatic rings. The van der Waals surface area contributed by atoms with Crippen molar-refractivity contribution >= 4 is 0 Å². The Hall–Kier alpha value is -0.0800. The molecule has 2 saturated heterocycles. The Morgan fingerprint density at radius 1 is 1.05 bits per heavy atom. The minimum absolute atomic E-state index is 0.429. The second-order valence-corrected chi connectivity index (χ2v) is 10.1. The van der Waals surface area contributed by atoms with Gasteiger partial charge in [-0.1, -0.05) is 6.42 Å². The fourth-order valence-corrected chi connectivity index (χ4v) is 5.86. The molecule has 2 atom stereocenters. The van der Waals surface area contributed by atoms with Crippen molar-refractivity contribution in [3.8, 4) is 0 Å². The van der Waals surface area contributed by atoms with E-state index in [1.54, 1.807) is 0 Å². The first kappa shape index (κ1) is 15.4. The molecule has 0 bridgehead atoms. The Morgan fingerprint density at radius 2 is 1.82 bits per heavy atom. The van der Waals surface area contributed by atoms with Gasteiger partial charge in [-0.05, 0) is 96.1 Å². The zero-order valence-electron chi connectivity index (χ0n) is 15.3. The van der Waals surface area contributed by atoms with Crippen LogP contribution in [-0.4, -0.2) is 47.6 Å². The van der Waals surface area contributed by atoms with Crippen LogP contribution < -0.4 is 0 Å². The summed E-state index contributed by atoms with van der Waals surface area (Å²) in [6, 6.07) is 0.741. The molecule has 0 aromatic rings. The molecule has 22 heavy (non-hydrogen) atoms. The molecule has 126 valence electrons. The monoisotopic (exact) mass is 304 g/mol. The van der Waals surface area contributed by atoms with Gasteiger partial charge in [0.1, 0.15) is 0 Å². The summed E-state index contributed by atoms with van der Waals surface area (Å²) in [5.74, 6) is 1.00. The first-order valence-corrected chi connectivity index (χ1v) is 9.84. The second kappa shape index (κ2) is 4.96. The first-order valence-electron chi connectivity index (χ1n) is 9.84. The van der Waals surface area contributed by atoms with Gasteiger partial charge >= 0.3 is 0 Å². The Kier molecular flexibility index (Phi) is 3.48. The second-order valence-electron chi connectivity index (χ2n) is 10.1. The summed E-state index contributed by atoms with van der Waals surface area (Å²) in [5, 5.41) is 0. The Morgan fingerprint density at radius 3 is 2.36 bits per heavy atom. The highest BCUT2D eigenvalue weighted by Crippen LogP contribution is 2.62. The molecular formula is C20H36N2. The maximum atomic E-state index is 2.85. The topological polar surface area (TPSA) is 6.48 Å². The van der Waals surface area contributed by atoms with Gasteiger partial charge in [0.2, 0.25) is 0 Å². The summed E-state index contributed by atoms with van der Waals surface area (Å²) in [5.41, 5.74) is 1.90. The third kappa shape index (κ3) is 2.45. The van der Waals surface area contributed by atoms with E-state index in [1.807, 2.05) is 0 Å². The summed E-state index contributed by atoms with van der Waals surface area (Å²) >= 11 is 0. The van der Waals surface area contributed by atoms with Crippen LogP contribution in [0.1, 0.15) is 72.6 Å². The van der Waals surface area contributed by atoms with E-state index in [0.29, 0.717) is 5.54 Å². The molecule has 2 nitrogen and oxygen atoms in total. The van der Waals surface area contributed by atoms with Gasteiger partial charge in [0.05, 0.1) is 0 Å². The van der Waals surface area contributed by atoms with Gasteiger partial charge < -0.3 is 4.90 Å². The summed E-state index contributed by atoms with van der Waals surface area (Å²) in [6.45, 7) is 15.3. The molecule has 2 unspecified atom stereocenters. The lowest BCUT2D eigenvalue weighted by molar-refractivity contribution is 0.0814. The molecule has 2 spiro atoms. The quantitative estimate of drug-likeness (QED) is 0.770. The Bertz CT molecular complexity index is 437. The van der Waals surface area contributed by atoms with Crippen molar-refractivity contribution in [2.75, 3.05) is 26.2 Å². The molecule has 2 heteroatoms. The van der Waals surface area contributed by atoms with E-state index in [4.69, 9.17) is 0 Å². The van der Waals surface area contributed by atoms with Crippen LogP contribution in [0.5, 0.6) is 0 Å². The standard InChI is InChI=1S/C20H36N2/c1-16(2)21-10-9-20(15-21)13-17(20)12-18(3,4)22-11-8-19(14-22)6-5-7-19/h16-17H,5-15H2,1-4H3. The molecule has 2 saturated carbocycles. The fourth-order valence-electron chi connectivity index (χ4n) is 5.86. The summed E-state index contributed by atoms with van der Waals surface area (Å²) < 4.78 is 0. The molecule has 2 heterocycles. The Balaban J connectivity index is 1.34. The number of hydrogen-bond donors (Lipinski definition) is 0. The van der Waals surface area contributed by atoms with Crippen molar-refractivity contribution in [1.82, 2.24) is 9.80 Å². The zero-order chi connectivity index (χ0) is 15.6. The van der Waals surface area contributed by atoms with E-state index in [1.165, 1.54) is 71.1 Å². The highest BCUT2D eigenvalue weighted by Gasteiger charge is 2.59. The third-order valence-electron chi connectivity index (χ3n) is 7.96. The van der Waals surface area contributed by atoms with Crippen molar-refractivity contribution in [3.63, 3.8) is 0 Å². The first-order chi connectivity index (χ1) is 10.3. The minimum Gasteiger partial charge on any atom is -0.300 e. The predicted molar refractivity (Wildman–Crippen MR) is 93.0 cm³/mol. The van der Waals surface area contributed by atoms with Crippen molar-refractivity contribution < 1.29 is 0 Å². The predicted octanol–water partition coefficient (Wildman–Crippen LogP) is 4.15. The van der Waals surface area contributed by atoms with Crippen LogP contribution in [0, 0.1) is 16.7 Å². The van der Waals surface area contributed by atoms with Gasteiger partial charge in [-0.3, -0.25) is 4.90 Å². The number of rotatable bonds is 4. The average molecular weight is 305 g/mol. The van der Waals surface area contributed by atoms with Crippen LogP contribution >= 0.6 is 0 Å². The summed E-state index contributed by atoms with van der Waals surface area (Å²) in [7, 11) is 0. The van der Waals surface area contributed by atoms with Crippen LogP contribution in [0.25, 0.3) is 0 Å². The normalized spacial score (nSPS) is 38.3. The molecule has 4 fully saturated rings. The number of nitrogens with zero attached hydrogens (tertiary/aromatic N) is 2. The van der Waals surface area contributed by atoms with Gasteiger partial charge in [0.15, 0.2) is 0 Å². The lowest BCUT2D eigenvalue weighted by Gasteiger charge is -2.42. The molecule has 2 aliphatic heterocycles. The fraction of sp³-hybridized carbons (Fsp3) is 1.00.